The van der Waals surface area contributed by atoms with Gasteiger partial charge in [0.25, 0.3) is 0 Å². The highest BCUT2D eigenvalue weighted by molar-refractivity contribution is 5.70. The zero-order valence-corrected chi connectivity index (χ0v) is 10.1. The quantitative estimate of drug-likeness (QED) is 0.597. The van der Waals surface area contributed by atoms with Crippen LogP contribution in [0.2, 0.25) is 0 Å². The minimum absolute atomic E-state index is 0.0769. The Kier molecular flexibility index (Phi) is 5.57. The predicted molar refractivity (Wildman–Crippen MR) is 64.0 cm³/mol. The molecule has 0 aromatic heterocycles. The van der Waals surface area contributed by atoms with Crippen LogP contribution in [-0.4, -0.2) is 42.5 Å². The number of benzene rings is 1. The zero-order chi connectivity index (χ0) is 13.5. The Morgan fingerprint density at radius 3 is 2.67 bits per heavy atom. The fourth-order valence-electron chi connectivity index (χ4n) is 1.39. The van der Waals surface area contributed by atoms with Gasteiger partial charge in [0.15, 0.2) is 6.61 Å². The van der Waals surface area contributed by atoms with Gasteiger partial charge in [0.05, 0.1) is 13.2 Å². The number of carbonyl (C=O) groups excluding carboxylic acids is 1. The first-order valence-electron chi connectivity index (χ1n) is 5.45. The second-order valence-corrected chi connectivity index (χ2v) is 3.65. The number of aliphatic hydroxyl groups excluding tert-OH is 2. The van der Waals surface area contributed by atoms with Crippen LogP contribution < -0.4 is 10.5 Å². The molecule has 100 valence electrons. The first-order chi connectivity index (χ1) is 8.60. The summed E-state index contributed by atoms with van der Waals surface area (Å²) in [7, 11) is 1.25. The minimum Gasteiger partial charge on any atom is -0.482 e. The molecule has 0 fully saturated rings. The van der Waals surface area contributed by atoms with Crippen LogP contribution in [0.25, 0.3) is 0 Å². The summed E-state index contributed by atoms with van der Waals surface area (Å²) >= 11 is 0. The van der Waals surface area contributed by atoms with Gasteiger partial charge < -0.3 is 25.4 Å². The van der Waals surface area contributed by atoms with E-state index in [-0.39, 0.29) is 13.2 Å². The number of para-hydroxylation sites is 1. The van der Waals surface area contributed by atoms with E-state index in [4.69, 9.17) is 10.5 Å². The van der Waals surface area contributed by atoms with Crippen LogP contribution in [0.4, 0.5) is 0 Å². The summed E-state index contributed by atoms with van der Waals surface area (Å²) < 4.78 is 9.66. The van der Waals surface area contributed by atoms with Crippen LogP contribution in [0, 0.1) is 0 Å². The van der Waals surface area contributed by atoms with E-state index in [1.54, 1.807) is 24.3 Å². The molecule has 2 atom stereocenters. The lowest BCUT2D eigenvalue weighted by atomic mass is 10.0. The van der Waals surface area contributed by atoms with Crippen LogP contribution in [0.15, 0.2) is 24.3 Å². The molecule has 1 aromatic rings. The van der Waals surface area contributed by atoms with Crippen molar-refractivity contribution < 1.29 is 24.5 Å². The van der Waals surface area contributed by atoms with Gasteiger partial charge in [-0.25, -0.2) is 4.79 Å². The van der Waals surface area contributed by atoms with Gasteiger partial charge >= 0.3 is 5.97 Å². The zero-order valence-electron chi connectivity index (χ0n) is 10.1. The molecule has 0 aliphatic rings. The Morgan fingerprint density at radius 1 is 1.39 bits per heavy atom. The fraction of sp³-hybridized carbons (Fsp3) is 0.417. The van der Waals surface area contributed by atoms with Crippen molar-refractivity contribution in [2.45, 2.75) is 12.2 Å². The van der Waals surface area contributed by atoms with Crippen molar-refractivity contribution in [3.05, 3.63) is 29.8 Å². The van der Waals surface area contributed by atoms with Gasteiger partial charge in [0.1, 0.15) is 11.9 Å². The lowest BCUT2D eigenvalue weighted by Crippen LogP contribution is -2.27. The predicted octanol–water partition coefficient (Wildman–Crippen LogP) is -0.409. The molecule has 0 aliphatic heterocycles. The summed E-state index contributed by atoms with van der Waals surface area (Å²) in [6.07, 6.45) is -2.25. The van der Waals surface area contributed by atoms with Crippen LogP contribution in [0.1, 0.15) is 11.7 Å². The Hall–Kier alpha value is -1.63. The highest BCUT2D eigenvalue weighted by Crippen LogP contribution is 2.26. The highest BCUT2D eigenvalue weighted by Gasteiger charge is 2.20. The van der Waals surface area contributed by atoms with Crippen molar-refractivity contribution in [1.29, 1.82) is 0 Å². The van der Waals surface area contributed by atoms with E-state index in [9.17, 15) is 15.0 Å². The Labute approximate surface area is 105 Å². The van der Waals surface area contributed by atoms with Gasteiger partial charge in [-0.15, -0.1) is 0 Å². The molecule has 6 heteroatoms. The number of ether oxygens (including phenoxy) is 2. The number of carbonyl (C=O) groups is 1. The highest BCUT2D eigenvalue weighted by atomic mass is 16.6. The van der Waals surface area contributed by atoms with Gasteiger partial charge in [-0.1, -0.05) is 18.2 Å². The maximum atomic E-state index is 11.0. The van der Waals surface area contributed by atoms with E-state index in [1.807, 2.05) is 0 Å². The maximum absolute atomic E-state index is 11.0. The number of hydrogen-bond acceptors (Lipinski definition) is 6. The molecule has 1 aromatic carbocycles. The average molecular weight is 255 g/mol. The Bertz CT molecular complexity index is 396. The molecule has 0 radical (unpaired) electrons. The third kappa shape index (κ3) is 3.69. The molecule has 2 unspecified atom stereocenters. The second-order valence-electron chi connectivity index (χ2n) is 3.65. The van der Waals surface area contributed by atoms with Gasteiger partial charge in [-0.3, -0.25) is 0 Å². The van der Waals surface area contributed by atoms with Crippen molar-refractivity contribution in [1.82, 2.24) is 0 Å². The average Bonchev–Trinajstić information content (AvgIpc) is 2.43. The molecular weight excluding hydrogens is 238 g/mol. The third-order valence-corrected chi connectivity index (χ3v) is 2.42. The van der Waals surface area contributed by atoms with Gasteiger partial charge in [-0.2, -0.15) is 0 Å². The van der Waals surface area contributed by atoms with Crippen molar-refractivity contribution >= 4 is 5.97 Å². The molecular formula is C12H17NO5. The minimum atomic E-state index is -1.16. The Balaban J connectivity index is 2.82. The lowest BCUT2D eigenvalue weighted by molar-refractivity contribution is -0.142. The number of methoxy groups -OCH3 is 1. The standard InChI is InChI=1S/C12H17NO5/c1-17-11(15)7-18-10-5-3-2-4-8(10)12(16)9(14)6-13/h2-5,9,12,14,16H,6-7,13H2,1H3. The molecule has 18 heavy (non-hydrogen) atoms. The Morgan fingerprint density at radius 2 is 2.06 bits per heavy atom. The summed E-state index contributed by atoms with van der Waals surface area (Å²) in [4.78, 5) is 11.0. The topological polar surface area (TPSA) is 102 Å². The van der Waals surface area contributed by atoms with E-state index in [2.05, 4.69) is 4.74 Å². The molecule has 0 saturated heterocycles. The smallest absolute Gasteiger partial charge is 0.343 e. The second kappa shape index (κ2) is 6.95. The van der Waals surface area contributed by atoms with E-state index in [0.29, 0.717) is 11.3 Å². The third-order valence-electron chi connectivity index (χ3n) is 2.42. The van der Waals surface area contributed by atoms with Crippen molar-refractivity contribution in [3.63, 3.8) is 0 Å². The number of esters is 1. The van der Waals surface area contributed by atoms with Crippen molar-refractivity contribution in [2.75, 3.05) is 20.3 Å². The molecule has 6 nitrogen and oxygen atoms in total. The van der Waals surface area contributed by atoms with Gasteiger partial charge in [-0.05, 0) is 6.07 Å². The van der Waals surface area contributed by atoms with E-state index >= 15 is 0 Å². The maximum Gasteiger partial charge on any atom is 0.343 e. The molecule has 0 amide bonds. The van der Waals surface area contributed by atoms with Crippen molar-refractivity contribution in [3.8, 4) is 5.75 Å². The normalized spacial score (nSPS) is 13.8. The molecule has 4 N–H and O–H groups in total. The summed E-state index contributed by atoms with van der Waals surface area (Å²) in [5, 5.41) is 19.4. The molecule has 1 rings (SSSR count). The molecule has 0 aliphatic carbocycles. The molecule has 0 heterocycles. The largest absolute Gasteiger partial charge is 0.482 e. The van der Waals surface area contributed by atoms with Gasteiger partial charge in [0.2, 0.25) is 0 Å². The molecule has 0 spiro atoms. The number of rotatable bonds is 6. The number of hydrogen-bond donors (Lipinski definition) is 3. The molecule has 0 bridgehead atoms. The fourth-order valence-corrected chi connectivity index (χ4v) is 1.39. The summed E-state index contributed by atoms with van der Waals surface area (Å²) in [6, 6.07) is 6.56. The first-order valence-corrected chi connectivity index (χ1v) is 5.45. The SMILES string of the molecule is COC(=O)COc1ccccc1C(O)C(O)CN. The van der Waals surface area contributed by atoms with Crippen LogP contribution in [0.5, 0.6) is 5.75 Å². The van der Waals surface area contributed by atoms with Crippen LogP contribution >= 0.6 is 0 Å². The summed E-state index contributed by atoms with van der Waals surface area (Å²) in [6.45, 7) is -0.342. The van der Waals surface area contributed by atoms with E-state index < -0.39 is 18.2 Å². The molecule has 0 saturated carbocycles. The summed E-state index contributed by atoms with van der Waals surface area (Å²) in [5.41, 5.74) is 5.65. The number of aliphatic hydroxyl groups is 2. The van der Waals surface area contributed by atoms with Crippen LogP contribution in [0.3, 0.4) is 0 Å². The van der Waals surface area contributed by atoms with Crippen LogP contribution in [-0.2, 0) is 9.53 Å². The monoisotopic (exact) mass is 255 g/mol. The first kappa shape index (κ1) is 14.4. The number of nitrogens with two attached hydrogens (primary N) is 1. The van der Waals surface area contributed by atoms with Gasteiger partial charge in [0, 0.05) is 12.1 Å². The van der Waals surface area contributed by atoms with E-state index in [0.717, 1.165) is 0 Å². The van der Waals surface area contributed by atoms with Crippen molar-refractivity contribution in [2.24, 2.45) is 5.73 Å². The summed E-state index contributed by atoms with van der Waals surface area (Å²) in [5.74, 6) is -0.221. The lowest BCUT2D eigenvalue weighted by Gasteiger charge is -2.19. The van der Waals surface area contributed by atoms with E-state index in [1.165, 1.54) is 7.11 Å².